The fourth-order valence-electron chi connectivity index (χ4n) is 2.64. The second-order valence-corrected chi connectivity index (χ2v) is 5.65. The Morgan fingerprint density at radius 3 is 2.65 bits per heavy atom. The second-order valence-electron chi connectivity index (χ2n) is 5.65. The Morgan fingerprint density at radius 2 is 1.91 bits per heavy atom. The fraction of sp³-hybridized carbons (Fsp3) is 0.211. The summed E-state index contributed by atoms with van der Waals surface area (Å²) in [7, 11) is 0. The number of hydrogen-bond donors (Lipinski definition) is 1. The Labute approximate surface area is 135 Å². The zero-order valence-electron chi connectivity index (χ0n) is 13.0. The minimum absolute atomic E-state index is 0.249. The molecular weight excluding hydrogens is 290 g/mol. The van der Waals surface area contributed by atoms with Crippen LogP contribution in [0.3, 0.4) is 0 Å². The predicted molar refractivity (Wildman–Crippen MR) is 88.4 cm³/mol. The van der Waals surface area contributed by atoms with E-state index in [0.29, 0.717) is 0 Å². The molecule has 4 heteroatoms. The minimum atomic E-state index is -0.349. The van der Waals surface area contributed by atoms with Crippen molar-refractivity contribution in [2.45, 2.75) is 19.8 Å². The molecule has 4 nitrogen and oxygen atoms in total. The molecule has 118 valence electrons. The Balaban J connectivity index is 1.79. The van der Waals surface area contributed by atoms with Crippen molar-refractivity contribution in [1.82, 2.24) is 5.06 Å². The number of rotatable bonds is 4. The monoisotopic (exact) mass is 309 g/mol. The van der Waals surface area contributed by atoms with Crippen molar-refractivity contribution < 1.29 is 14.7 Å². The van der Waals surface area contributed by atoms with Gasteiger partial charge in [-0.3, -0.25) is 10.0 Å². The molecule has 3 rings (SSSR count). The highest BCUT2D eigenvalue weighted by molar-refractivity contribution is 5.72. The molecule has 1 aliphatic carbocycles. The number of amides is 1. The smallest absolute Gasteiger partial charge is 0.243 e. The molecule has 0 saturated carbocycles. The maximum atomic E-state index is 11.1. The molecule has 2 aromatic carbocycles. The van der Waals surface area contributed by atoms with E-state index in [-0.39, 0.29) is 12.5 Å². The Kier molecular flexibility index (Phi) is 4.44. The third-order valence-electron chi connectivity index (χ3n) is 3.89. The fourth-order valence-corrected chi connectivity index (χ4v) is 2.64. The summed E-state index contributed by atoms with van der Waals surface area (Å²) in [4.78, 5) is 11.1. The number of aryl methyl sites for hydroxylation is 1. The van der Waals surface area contributed by atoms with Crippen LogP contribution in [-0.4, -0.2) is 22.7 Å². The third kappa shape index (κ3) is 3.79. The van der Waals surface area contributed by atoms with Gasteiger partial charge in [0.1, 0.15) is 11.5 Å². The first-order chi connectivity index (χ1) is 11.1. The van der Waals surface area contributed by atoms with Gasteiger partial charge < -0.3 is 4.74 Å². The van der Waals surface area contributed by atoms with Gasteiger partial charge in [0.25, 0.3) is 0 Å². The van der Waals surface area contributed by atoms with E-state index in [1.807, 2.05) is 48.5 Å². The first-order valence-corrected chi connectivity index (χ1v) is 7.64. The number of carbonyl (C=O) groups excluding carboxylic acids is 1. The van der Waals surface area contributed by atoms with Crippen LogP contribution in [0.25, 0.3) is 6.08 Å². The topological polar surface area (TPSA) is 49.8 Å². The second kappa shape index (κ2) is 6.67. The van der Waals surface area contributed by atoms with Gasteiger partial charge in [0.15, 0.2) is 0 Å². The predicted octanol–water partition coefficient (Wildman–Crippen LogP) is 4.05. The Morgan fingerprint density at radius 1 is 1.13 bits per heavy atom. The van der Waals surface area contributed by atoms with Crippen LogP contribution in [-0.2, 0) is 11.2 Å². The molecule has 0 fully saturated rings. The van der Waals surface area contributed by atoms with E-state index in [2.05, 4.69) is 6.07 Å². The van der Waals surface area contributed by atoms with Crippen molar-refractivity contribution in [2.75, 3.05) is 6.54 Å². The minimum Gasteiger partial charge on any atom is -0.457 e. The van der Waals surface area contributed by atoms with Crippen molar-refractivity contribution in [2.24, 2.45) is 0 Å². The van der Waals surface area contributed by atoms with Crippen molar-refractivity contribution in [1.29, 1.82) is 0 Å². The summed E-state index contributed by atoms with van der Waals surface area (Å²) in [6.45, 7) is 1.60. The summed E-state index contributed by atoms with van der Waals surface area (Å²) in [6.07, 6.45) is 3.78. The van der Waals surface area contributed by atoms with Gasteiger partial charge in [-0.25, -0.2) is 5.06 Å². The molecule has 0 radical (unpaired) electrons. The summed E-state index contributed by atoms with van der Waals surface area (Å²) in [5, 5.41) is 10.3. The first-order valence-electron chi connectivity index (χ1n) is 7.64. The summed E-state index contributed by atoms with van der Waals surface area (Å²) in [5.74, 6) is 1.23. The summed E-state index contributed by atoms with van der Waals surface area (Å²) >= 11 is 0. The highest BCUT2D eigenvalue weighted by atomic mass is 16.5. The van der Waals surface area contributed by atoms with Crippen molar-refractivity contribution in [3.05, 3.63) is 65.2 Å². The number of para-hydroxylation sites is 1. The largest absolute Gasteiger partial charge is 0.457 e. The molecule has 0 bridgehead atoms. The molecular formula is C19H19NO3. The number of benzene rings is 2. The van der Waals surface area contributed by atoms with E-state index in [1.54, 1.807) is 0 Å². The van der Waals surface area contributed by atoms with Crippen LogP contribution in [0.5, 0.6) is 11.5 Å². The first kappa shape index (κ1) is 15.3. The molecule has 0 saturated heterocycles. The van der Waals surface area contributed by atoms with Crippen LogP contribution < -0.4 is 4.74 Å². The lowest BCUT2D eigenvalue weighted by atomic mass is 9.92. The quantitative estimate of drug-likeness (QED) is 0.685. The van der Waals surface area contributed by atoms with E-state index in [4.69, 9.17) is 4.74 Å². The van der Waals surface area contributed by atoms with Crippen LogP contribution in [0.4, 0.5) is 0 Å². The lowest BCUT2D eigenvalue weighted by molar-refractivity contribution is -0.160. The zero-order chi connectivity index (χ0) is 16.2. The van der Waals surface area contributed by atoms with Gasteiger partial charge in [-0.15, -0.1) is 0 Å². The van der Waals surface area contributed by atoms with Crippen LogP contribution in [0.2, 0.25) is 0 Å². The number of ether oxygens (including phenoxy) is 1. The summed E-state index contributed by atoms with van der Waals surface area (Å²) < 4.78 is 5.86. The third-order valence-corrected chi connectivity index (χ3v) is 3.89. The van der Waals surface area contributed by atoms with Gasteiger partial charge in [0.2, 0.25) is 5.91 Å². The lowest BCUT2D eigenvalue weighted by Gasteiger charge is -2.20. The maximum Gasteiger partial charge on any atom is 0.243 e. The van der Waals surface area contributed by atoms with E-state index in [9.17, 15) is 10.0 Å². The Hall–Kier alpha value is -2.59. The Bertz CT molecular complexity index is 738. The zero-order valence-corrected chi connectivity index (χ0v) is 13.0. The van der Waals surface area contributed by atoms with Gasteiger partial charge >= 0.3 is 0 Å². The lowest BCUT2D eigenvalue weighted by Crippen LogP contribution is -2.27. The highest BCUT2D eigenvalue weighted by Gasteiger charge is 2.14. The molecule has 0 aromatic heterocycles. The van der Waals surface area contributed by atoms with Gasteiger partial charge in [-0.2, -0.15) is 0 Å². The van der Waals surface area contributed by atoms with Crippen molar-refractivity contribution in [3.8, 4) is 11.5 Å². The number of carbonyl (C=O) groups is 1. The standard InChI is InChI=1S/C19H19NO3/c1-14(21)20(22)13-15-7-8-16-9-10-19(12-17(16)11-15)23-18-5-3-2-4-6-18/h2-6,9-12,22H,7-8,13H2,1H3. The van der Waals surface area contributed by atoms with Crippen molar-refractivity contribution >= 4 is 12.0 Å². The van der Waals surface area contributed by atoms with E-state index in [0.717, 1.165) is 40.5 Å². The number of hydrogen-bond acceptors (Lipinski definition) is 3. The van der Waals surface area contributed by atoms with Crippen LogP contribution in [0.15, 0.2) is 54.1 Å². The molecule has 0 spiro atoms. The van der Waals surface area contributed by atoms with Gasteiger partial charge in [-0.1, -0.05) is 30.3 Å². The maximum absolute atomic E-state index is 11.1. The molecule has 0 heterocycles. The molecule has 2 aromatic rings. The number of hydroxylamine groups is 2. The van der Waals surface area contributed by atoms with E-state index < -0.39 is 0 Å². The van der Waals surface area contributed by atoms with Gasteiger partial charge in [0.05, 0.1) is 6.54 Å². The average Bonchev–Trinajstić information content (AvgIpc) is 2.55. The molecule has 23 heavy (non-hydrogen) atoms. The van der Waals surface area contributed by atoms with E-state index in [1.165, 1.54) is 12.5 Å². The number of fused-ring (bicyclic) bond motifs is 1. The van der Waals surface area contributed by atoms with Crippen molar-refractivity contribution in [3.63, 3.8) is 0 Å². The SMILES string of the molecule is CC(=O)N(O)CC1=Cc2cc(Oc3ccccc3)ccc2CC1. The van der Waals surface area contributed by atoms with Gasteiger partial charge in [0, 0.05) is 6.92 Å². The van der Waals surface area contributed by atoms with E-state index >= 15 is 0 Å². The molecule has 0 aliphatic heterocycles. The average molecular weight is 309 g/mol. The molecule has 0 atom stereocenters. The summed E-state index contributed by atoms with van der Waals surface area (Å²) in [5.41, 5.74) is 3.37. The van der Waals surface area contributed by atoms with Crippen LogP contribution >= 0.6 is 0 Å². The van der Waals surface area contributed by atoms with Crippen LogP contribution in [0.1, 0.15) is 24.5 Å². The number of nitrogens with zero attached hydrogens (tertiary/aromatic N) is 1. The molecule has 1 N–H and O–H groups in total. The molecule has 1 aliphatic rings. The molecule has 0 unspecified atom stereocenters. The summed E-state index contributed by atoms with van der Waals surface area (Å²) in [6, 6.07) is 15.7. The van der Waals surface area contributed by atoms with Crippen LogP contribution in [0, 0.1) is 0 Å². The normalized spacial score (nSPS) is 13.0. The van der Waals surface area contributed by atoms with Gasteiger partial charge in [-0.05, 0) is 53.8 Å². The molecule has 1 amide bonds. The highest BCUT2D eigenvalue weighted by Crippen LogP contribution is 2.29.